The first kappa shape index (κ1) is 23.2. The first-order valence-electron chi connectivity index (χ1n) is 11.2. The fraction of sp³-hybridized carbons (Fsp3) is 0.500. The van der Waals surface area contributed by atoms with Crippen LogP contribution in [0.4, 0.5) is 14.9 Å². The van der Waals surface area contributed by atoms with Crippen LogP contribution in [0.25, 0.3) is 11.0 Å². The quantitative estimate of drug-likeness (QED) is 0.405. The number of amides is 5. The Bertz CT molecular complexity index is 1240. The van der Waals surface area contributed by atoms with Gasteiger partial charge in [0, 0.05) is 26.6 Å². The number of halogens is 1. The van der Waals surface area contributed by atoms with Gasteiger partial charge < -0.3 is 24.2 Å². The summed E-state index contributed by atoms with van der Waals surface area (Å²) in [5, 5.41) is 10.8. The molecule has 3 aliphatic rings. The number of carbonyl (C=O) groups excluding carboxylic acids is 4. The van der Waals surface area contributed by atoms with E-state index in [0.29, 0.717) is 5.56 Å². The Kier molecular flexibility index (Phi) is 5.48. The highest BCUT2D eigenvalue weighted by atomic mass is 19.1. The molecule has 2 saturated heterocycles. The van der Waals surface area contributed by atoms with Gasteiger partial charge in [0.2, 0.25) is 17.4 Å². The maximum absolute atomic E-state index is 15.9. The Labute approximate surface area is 198 Å². The smallest absolute Gasteiger partial charge is 0.328 e. The minimum absolute atomic E-state index is 0.104. The third-order valence-corrected chi connectivity index (χ3v) is 6.77. The standard InChI is InChI=1S/C22H24FN5O7/c1-9-8-28-15-11(6-12-14(18(29)24-4-5-33-3)27-35-16(12)13(15)23)7-22(17(28)10(2)34-9)19(30)25-21(32)26-20(22)31/h6,9-10,17H,4-5,7-8H2,1-3H3,(H,24,29)(H2,25,26,30,31,32). The van der Waals surface area contributed by atoms with Gasteiger partial charge in [-0.05, 0) is 25.5 Å². The fourth-order valence-corrected chi connectivity index (χ4v) is 5.46. The second-order valence-electron chi connectivity index (χ2n) is 8.99. The van der Waals surface area contributed by atoms with Crippen LogP contribution in [0.3, 0.4) is 0 Å². The first-order chi connectivity index (χ1) is 16.7. The van der Waals surface area contributed by atoms with E-state index in [1.807, 2.05) is 0 Å². The molecule has 13 heteroatoms. The molecule has 2 fully saturated rings. The van der Waals surface area contributed by atoms with Crippen molar-refractivity contribution in [3.8, 4) is 0 Å². The predicted octanol–water partition coefficient (Wildman–Crippen LogP) is 0.234. The molecule has 1 spiro atoms. The zero-order valence-electron chi connectivity index (χ0n) is 19.3. The molecule has 0 saturated carbocycles. The van der Waals surface area contributed by atoms with Gasteiger partial charge >= 0.3 is 6.03 Å². The van der Waals surface area contributed by atoms with E-state index in [-0.39, 0.29) is 54.6 Å². The highest BCUT2D eigenvalue weighted by molar-refractivity contribution is 6.20. The van der Waals surface area contributed by atoms with Crippen molar-refractivity contribution in [1.29, 1.82) is 0 Å². The number of anilines is 1. The summed E-state index contributed by atoms with van der Waals surface area (Å²) < 4.78 is 32.0. The number of hydrogen-bond acceptors (Lipinski definition) is 9. The van der Waals surface area contributed by atoms with Gasteiger partial charge in [-0.2, -0.15) is 0 Å². The van der Waals surface area contributed by atoms with E-state index in [1.165, 1.54) is 13.2 Å². The number of aromatic nitrogens is 1. The Morgan fingerprint density at radius 1 is 1.31 bits per heavy atom. The number of hydrogen-bond donors (Lipinski definition) is 3. The minimum Gasteiger partial charge on any atom is -0.383 e. The summed E-state index contributed by atoms with van der Waals surface area (Å²) >= 11 is 0. The van der Waals surface area contributed by atoms with Crippen molar-refractivity contribution in [2.75, 3.05) is 31.7 Å². The van der Waals surface area contributed by atoms with Crippen molar-refractivity contribution >= 4 is 40.4 Å². The molecule has 5 amide bonds. The number of nitrogens with zero attached hydrogens (tertiary/aromatic N) is 2. The molecule has 3 atom stereocenters. The van der Waals surface area contributed by atoms with Gasteiger partial charge in [0.05, 0.1) is 35.9 Å². The molecule has 3 unspecified atom stereocenters. The zero-order valence-corrected chi connectivity index (χ0v) is 19.3. The summed E-state index contributed by atoms with van der Waals surface area (Å²) in [6.07, 6.45) is -1.21. The lowest BCUT2D eigenvalue weighted by Gasteiger charge is -2.55. The lowest BCUT2D eigenvalue weighted by atomic mass is 9.66. The van der Waals surface area contributed by atoms with Crippen LogP contribution in [0.15, 0.2) is 10.6 Å². The van der Waals surface area contributed by atoms with Crippen molar-refractivity contribution in [2.24, 2.45) is 5.41 Å². The van der Waals surface area contributed by atoms with Gasteiger partial charge in [0.25, 0.3) is 5.91 Å². The fourth-order valence-electron chi connectivity index (χ4n) is 5.46. The van der Waals surface area contributed by atoms with E-state index in [9.17, 15) is 19.2 Å². The van der Waals surface area contributed by atoms with E-state index in [1.54, 1.807) is 18.7 Å². The van der Waals surface area contributed by atoms with Crippen LogP contribution in [0.1, 0.15) is 29.9 Å². The first-order valence-corrected chi connectivity index (χ1v) is 11.2. The number of imide groups is 2. The largest absolute Gasteiger partial charge is 0.383 e. The molecular weight excluding hydrogens is 465 g/mol. The van der Waals surface area contributed by atoms with Crippen molar-refractivity contribution in [3.05, 3.63) is 23.1 Å². The number of fused-ring (bicyclic) bond motifs is 5. The van der Waals surface area contributed by atoms with Crippen molar-refractivity contribution < 1.29 is 37.6 Å². The molecule has 4 heterocycles. The molecule has 0 aliphatic carbocycles. The summed E-state index contributed by atoms with van der Waals surface area (Å²) in [5.41, 5.74) is -1.66. The number of urea groups is 1. The molecule has 186 valence electrons. The van der Waals surface area contributed by atoms with E-state index in [4.69, 9.17) is 14.0 Å². The highest BCUT2D eigenvalue weighted by Gasteiger charge is 2.63. The molecular formula is C22H24FN5O7. The van der Waals surface area contributed by atoms with E-state index in [0.717, 1.165) is 0 Å². The van der Waals surface area contributed by atoms with Gasteiger partial charge in [-0.3, -0.25) is 25.0 Å². The maximum Gasteiger partial charge on any atom is 0.328 e. The van der Waals surface area contributed by atoms with E-state index < -0.39 is 47.1 Å². The van der Waals surface area contributed by atoms with Crippen molar-refractivity contribution in [3.63, 3.8) is 0 Å². The topological polar surface area (TPSA) is 152 Å². The average molecular weight is 489 g/mol. The third-order valence-electron chi connectivity index (χ3n) is 6.77. The van der Waals surface area contributed by atoms with Crippen LogP contribution in [0, 0.1) is 11.2 Å². The lowest BCUT2D eigenvalue weighted by Crippen LogP contribution is -2.75. The Balaban J connectivity index is 1.68. The number of nitrogens with one attached hydrogen (secondary N) is 3. The van der Waals surface area contributed by atoms with Crippen molar-refractivity contribution in [2.45, 2.75) is 38.5 Å². The molecule has 35 heavy (non-hydrogen) atoms. The summed E-state index contributed by atoms with van der Waals surface area (Å²) in [7, 11) is 1.49. The lowest BCUT2D eigenvalue weighted by molar-refractivity contribution is -0.153. The molecule has 5 rings (SSSR count). The molecule has 2 aromatic rings. The SMILES string of the molecule is COCCNC(=O)c1noc2c(F)c3c(cc12)CC1(C(=O)NC(=O)NC1=O)C1C(C)OC(C)CN31. The minimum atomic E-state index is -1.77. The molecule has 3 aliphatic heterocycles. The summed E-state index contributed by atoms with van der Waals surface area (Å²) in [6.45, 7) is 4.15. The van der Waals surface area contributed by atoms with E-state index >= 15 is 4.39 Å². The zero-order chi connectivity index (χ0) is 25.1. The molecule has 3 N–H and O–H groups in total. The van der Waals surface area contributed by atoms with Crippen LogP contribution in [0.5, 0.6) is 0 Å². The Morgan fingerprint density at radius 3 is 2.71 bits per heavy atom. The number of carbonyl (C=O) groups is 4. The Hall–Kier alpha value is -3.58. The number of rotatable bonds is 4. The maximum atomic E-state index is 15.9. The van der Waals surface area contributed by atoms with Crippen LogP contribution in [0.2, 0.25) is 0 Å². The predicted molar refractivity (Wildman–Crippen MR) is 117 cm³/mol. The second kappa shape index (κ2) is 8.27. The van der Waals surface area contributed by atoms with Crippen LogP contribution >= 0.6 is 0 Å². The molecule has 12 nitrogen and oxygen atoms in total. The van der Waals surface area contributed by atoms with Gasteiger partial charge in [-0.1, -0.05) is 5.16 Å². The second-order valence-corrected chi connectivity index (χ2v) is 8.99. The number of barbiturate groups is 1. The number of benzene rings is 1. The molecule has 1 aromatic carbocycles. The number of morpholine rings is 1. The molecule has 0 bridgehead atoms. The summed E-state index contributed by atoms with van der Waals surface area (Å²) in [6, 6.07) is -0.308. The third kappa shape index (κ3) is 3.37. The van der Waals surface area contributed by atoms with Crippen LogP contribution in [-0.4, -0.2) is 74.0 Å². The monoisotopic (exact) mass is 489 g/mol. The Morgan fingerprint density at radius 2 is 2.03 bits per heavy atom. The molecule has 1 aromatic heterocycles. The number of ether oxygens (including phenoxy) is 2. The number of methoxy groups -OCH3 is 1. The molecule has 0 radical (unpaired) electrons. The highest BCUT2D eigenvalue weighted by Crippen LogP contribution is 2.49. The van der Waals surface area contributed by atoms with Crippen LogP contribution < -0.4 is 20.9 Å². The van der Waals surface area contributed by atoms with E-state index in [2.05, 4.69) is 21.1 Å². The van der Waals surface area contributed by atoms with Crippen molar-refractivity contribution in [1.82, 2.24) is 21.1 Å². The summed E-state index contributed by atoms with van der Waals surface area (Å²) in [5.74, 6) is -2.92. The van der Waals surface area contributed by atoms with Crippen LogP contribution in [-0.2, 0) is 25.5 Å². The van der Waals surface area contributed by atoms with Gasteiger partial charge in [-0.15, -0.1) is 0 Å². The van der Waals surface area contributed by atoms with Gasteiger partial charge in [0.1, 0.15) is 0 Å². The van der Waals surface area contributed by atoms with Gasteiger partial charge in [0.15, 0.2) is 16.9 Å². The van der Waals surface area contributed by atoms with Gasteiger partial charge in [-0.25, -0.2) is 9.18 Å². The summed E-state index contributed by atoms with van der Waals surface area (Å²) in [4.78, 5) is 52.5. The average Bonchev–Trinajstić information content (AvgIpc) is 3.21. The normalized spacial score (nSPS) is 25.2.